The monoisotopic (exact) mass is 256 g/mol. The van der Waals surface area contributed by atoms with Gasteiger partial charge in [0, 0.05) is 4.88 Å². The molecule has 94 valence electrons. The van der Waals surface area contributed by atoms with Gasteiger partial charge in [-0.05, 0) is 17.9 Å². The van der Waals surface area contributed by atoms with E-state index in [1.165, 1.54) is 11.3 Å². The van der Waals surface area contributed by atoms with Gasteiger partial charge in [-0.1, -0.05) is 19.4 Å². The molecule has 1 aromatic rings. The van der Waals surface area contributed by atoms with E-state index in [9.17, 15) is 9.59 Å². The summed E-state index contributed by atoms with van der Waals surface area (Å²) >= 11 is 1.29. The molecule has 1 rings (SSSR count). The number of nitrogens with two attached hydrogens (primary N) is 1. The van der Waals surface area contributed by atoms with Gasteiger partial charge in [0.15, 0.2) is 6.04 Å². The highest BCUT2D eigenvalue weighted by molar-refractivity contribution is 7.10. The van der Waals surface area contributed by atoms with Crippen LogP contribution in [0.2, 0.25) is 0 Å². The first-order valence-corrected chi connectivity index (χ1v) is 6.26. The minimum Gasteiger partial charge on any atom is -0.479 e. The summed E-state index contributed by atoms with van der Waals surface area (Å²) in [5.74, 6) is -1.50. The number of hydrogen-bond acceptors (Lipinski definition) is 4. The van der Waals surface area contributed by atoms with Gasteiger partial charge in [0.1, 0.15) is 0 Å². The number of hydrogen-bond donors (Lipinski definition) is 3. The molecule has 0 radical (unpaired) electrons. The summed E-state index contributed by atoms with van der Waals surface area (Å²) in [7, 11) is 0. The van der Waals surface area contributed by atoms with Crippen molar-refractivity contribution in [2.45, 2.75) is 31.8 Å². The van der Waals surface area contributed by atoms with E-state index < -0.39 is 24.0 Å². The van der Waals surface area contributed by atoms with E-state index in [0.29, 0.717) is 11.3 Å². The summed E-state index contributed by atoms with van der Waals surface area (Å²) < 4.78 is 0. The summed E-state index contributed by atoms with van der Waals surface area (Å²) in [6.07, 6.45) is 1.33. The van der Waals surface area contributed by atoms with E-state index in [1.54, 1.807) is 17.5 Å². The molecular formula is C11H16N2O3S. The number of rotatable bonds is 6. The van der Waals surface area contributed by atoms with Crippen molar-refractivity contribution in [2.24, 2.45) is 5.73 Å². The summed E-state index contributed by atoms with van der Waals surface area (Å²) in [5.41, 5.74) is 5.63. The van der Waals surface area contributed by atoms with E-state index in [1.807, 2.05) is 6.92 Å². The van der Waals surface area contributed by atoms with Crippen LogP contribution >= 0.6 is 11.3 Å². The highest BCUT2D eigenvalue weighted by Crippen LogP contribution is 2.19. The molecule has 0 aliphatic heterocycles. The van der Waals surface area contributed by atoms with Crippen molar-refractivity contribution in [3.63, 3.8) is 0 Å². The van der Waals surface area contributed by atoms with Crippen LogP contribution in [0.5, 0.6) is 0 Å². The molecule has 0 saturated carbocycles. The van der Waals surface area contributed by atoms with Crippen LogP contribution in [0.4, 0.5) is 0 Å². The Labute approximate surface area is 104 Å². The minimum atomic E-state index is -1.08. The highest BCUT2D eigenvalue weighted by Gasteiger charge is 2.25. The first-order valence-electron chi connectivity index (χ1n) is 5.38. The lowest BCUT2D eigenvalue weighted by molar-refractivity contribution is -0.142. The molecule has 1 amide bonds. The maximum absolute atomic E-state index is 11.6. The molecule has 0 fully saturated rings. The maximum Gasteiger partial charge on any atom is 0.331 e. The van der Waals surface area contributed by atoms with Crippen molar-refractivity contribution in [3.05, 3.63) is 22.4 Å². The zero-order valence-electron chi connectivity index (χ0n) is 9.55. The molecule has 1 heterocycles. The fraction of sp³-hybridized carbons (Fsp3) is 0.455. The van der Waals surface area contributed by atoms with Crippen molar-refractivity contribution in [3.8, 4) is 0 Å². The molecule has 0 saturated heterocycles. The Morgan fingerprint density at radius 1 is 1.59 bits per heavy atom. The third-order valence-corrected chi connectivity index (χ3v) is 3.23. The third-order valence-electron chi connectivity index (χ3n) is 2.30. The van der Waals surface area contributed by atoms with Crippen molar-refractivity contribution in [2.75, 3.05) is 0 Å². The lowest BCUT2D eigenvalue weighted by Gasteiger charge is -2.16. The predicted octanol–water partition coefficient (Wildman–Crippen LogP) is 1.12. The second-order valence-corrected chi connectivity index (χ2v) is 4.67. The SMILES string of the molecule is CCC[C@@H](N)C(=O)NC(C(=O)O)c1cccs1. The zero-order valence-corrected chi connectivity index (χ0v) is 10.4. The van der Waals surface area contributed by atoms with Gasteiger partial charge in [-0.15, -0.1) is 11.3 Å². The van der Waals surface area contributed by atoms with Gasteiger partial charge in [0.25, 0.3) is 0 Å². The average Bonchev–Trinajstić information content (AvgIpc) is 2.78. The standard InChI is InChI=1S/C11H16N2O3S/c1-2-4-7(12)10(14)13-9(11(15)16)8-5-3-6-17-8/h3,5-7,9H,2,4,12H2,1H3,(H,13,14)(H,15,16)/t7-,9?/m1/s1. The second kappa shape index (κ2) is 6.36. The van der Waals surface area contributed by atoms with Gasteiger partial charge in [-0.2, -0.15) is 0 Å². The van der Waals surface area contributed by atoms with Crippen LogP contribution in [0, 0.1) is 0 Å². The van der Waals surface area contributed by atoms with E-state index in [-0.39, 0.29) is 0 Å². The molecule has 0 aliphatic rings. The van der Waals surface area contributed by atoms with Crippen LogP contribution in [0.1, 0.15) is 30.7 Å². The van der Waals surface area contributed by atoms with Crippen LogP contribution in [-0.2, 0) is 9.59 Å². The smallest absolute Gasteiger partial charge is 0.331 e. The molecular weight excluding hydrogens is 240 g/mol. The number of amides is 1. The molecule has 4 N–H and O–H groups in total. The lowest BCUT2D eigenvalue weighted by atomic mass is 10.1. The van der Waals surface area contributed by atoms with Gasteiger partial charge in [0.05, 0.1) is 6.04 Å². The fourth-order valence-electron chi connectivity index (χ4n) is 1.40. The maximum atomic E-state index is 11.6. The molecule has 0 aliphatic carbocycles. The number of nitrogens with one attached hydrogen (secondary N) is 1. The summed E-state index contributed by atoms with van der Waals surface area (Å²) in [5, 5.41) is 13.3. The second-order valence-electron chi connectivity index (χ2n) is 3.69. The van der Waals surface area contributed by atoms with Gasteiger partial charge >= 0.3 is 5.97 Å². The molecule has 0 spiro atoms. The summed E-state index contributed by atoms with van der Waals surface area (Å²) in [6.45, 7) is 1.92. The zero-order chi connectivity index (χ0) is 12.8. The van der Waals surface area contributed by atoms with Crippen molar-refractivity contribution in [1.29, 1.82) is 0 Å². The first kappa shape index (κ1) is 13.7. The number of thiophene rings is 1. The highest BCUT2D eigenvalue weighted by atomic mass is 32.1. The first-order chi connectivity index (χ1) is 8.06. The van der Waals surface area contributed by atoms with Crippen LogP contribution in [0.25, 0.3) is 0 Å². The number of carboxylic acids is 1. The largest absolute Gasteiger partial charge is 0.479 e. The van der Waals surface area contributed by atoms with E-state index in [4.69, 9.17) is 10.8 Å². The Hall–Kier alpha value is -1.40. The third kappa shape index (κ3) is 3.83. The molecule has 17 heavy (non-hydrogen) atoms. The molecule has 6 heteroatoms. The van der Waals surface area contributed by atoms with Gasteiger partial charge in [-0.25, -0.2) is 4.79 Å². The Kier molecular flexibility index (Phi) is 5.11. The molecule has 5 nitrogen and oxygen atoms in total. The predicted molar refractivity (Wildman–Crippen MR) is 65.7 cm³/mol. The van der Waals surface area contributed by atoms with Gasteiger partial charge < -0.3 is 16.2 Å². The van der Waals surface area contributed by atoms with E-state index >= 15 is 0 Å². The van der Waals surface area contributed by atoms with Crippen LogP contribution in [-0.4, -0.2) is 23.0 Å². The topological polar surface area (TPSA) is 92.4 Å². The summed E-state index contributed by atoms with van der Waals surface area (Å²) in [6, 6.07) is 1.76. The molecule has 2 atom stereocenters. The van der Waals surface area contributed by atoms with Crippen LogP contribution in [0.3, 0.4) is 0 Å². The Balaban J connectivity index is 2.69. The normalized spacial score (nSPS) is 14.0. The van der Waals surface area contributed by atoms with Crippen LogP contribution in [0.15, 0.2) is 17.5 Å². The van der Waals surface area contributed by atoms with Gasteiger partial charge in [-0.3, -0.25) is 4.79 Å². The molecule has 0 aromatic carbocycles. The quantitative estimate of drug-likeness (QED) is 0.711. The molecule has 0 bridgehead atoms. The fourth-order valence-corrected chi connectivity index (χ4v) is 2.17. The number of carbonyl (C=O) groups is 2. The number of carbonyl (C=O) groups excluding carboxylic acids is 1. The molecule has 1 aromatic heterocycles. The minimum absolute atomic E-state index is 0.423. The lowest BCUT2D eigenvalue weighted by Crippen LogP contribution is -2.44. The summed E-state index contributed by atoms with van der Waals surface area (Å²) in [4.78, 5) is 23.3. The Morgan fingerprint density at radius 2 is 2.29 bits per heavy atom. The van der Waals surface area contributed by atoms with Crippen molar-refractivity contribution in [1.82, 2.24) is 5.32 Å². The van der Waals surface area contributed by atoms with Gasteiger partial charge in [0.2, 0.25) is 5.91 Å². The van der Waals surface area contributed by atoms with E-state index in [0.717, 1.165) is 6.42 Å². The number of aliphatic carboxylic acids is 1. The Morgan fingerprint density at radius 3 is 2.76 bits per heavy atom. The van der Waals surface area contributed by atoms with Crippen LogP contribution < -0.4 is 11.1 Å². The Bertz CT molecular complexity index is 378. The molecule has 1 unspecified atom stereocenters. The van der Waals surface area contributed by atoms with E-state index in [2.05, 4.69) is 5.32 Å². The number of carboxylic acid groups (broad SMARTS) is 1. The van der Waals surface area contributed by atoms with Crippen molar-refractivity contribution < 1.29 is 14.7 Å². The van der Waals surface area contributed by atoms with Crippen molar-refractivity contribution >= 4 is 23.2 Å². The average molecular weight is 256 g/mol.